The summed E-state index contributed by atoms with van der Waals surface area (Å²) in [6, 6.07) is 15.5. The lowest BCUT2D eigenvalue weighted by atomic mass is 9.97. The van der Waals surface area contributed by atoms with Crippen LogP contribution in [0.5, 0.6) is 0 Å². The molecule has 170 valence electrons. The van der Waals surface area contributed by atoms with Gasteiger partial charge in [0.1, 0.15) is 5.82 Å². The Bertz CT molecular complexity index is 1240. The predicted octanol–water partition coefficient (Wildman–Crippen LogP) is 5.39. The Labute approximate surface area is 188 Å². The lowest BCUT2D eigenvalue weighted by Crippen LogP contribution is -2.17. The van der Waals surface area contributed by atoms with Crippen molar-refractivity contribution in [2.75, 3.05) is 5.32 Å². The Hall–Kier alpha value is -3.82. The fourth-order valence-electron chi connectivity index (χ4n) is 3.75. The average Bonchev–Trinajstić information content (AvgIpc) is 3.32. The summed E-state index contributed by atoms with van der Waals surface area (Å²) in [6.07, 6.45) is -4.63. The maximum atomic E-state index is 13.3. The number of aromatic amines is 1. The van der Waals surface area contributed by atoms with Gasteiger partial charge in [0.05, 0.1) is 0 Å². The first-order chi connectivity index (χ1) is 15.7. The number of halogens is 3. The van der Waals surface area contributed by atoms with E-state index in [-0.39, 0.29) is 18.3 Å². The van der Waals surface area contributed by atoms with Gasteiger partial charge >= 0.3 is 6.18 Å². The van der Waals surface area contributed by atoms with Gasteiger partial charge < -0.3 is 5.32 Å². The number of H-pyrrole nitrogens is 1. The van der Waals surface area contributed by atoms with Crippen LogP contribution in [-0.4, -0.2) is 30.6 Å². The van der Waals surface area contributed by atoms with Crippen molar-refractivity contribution in [3.8, 4) is 22.5 Å². The second-order valence-corrected chi connectivity index (χ2v) is 7.88. The SMILES string of the molecule is Cc1nc(C(F)(F)F)nc(NCc2ccc(-c3ccccc3)c(-c3nn[nH]n3)c2)c1C(C)C. The molecule has 2 aromatic carbocycles. The van der Waals surface area contributed by atoms with Crippen molar-refractivity contribution in [3.05, 3.63) is 71.2 Å². The molecule has 0 unspecified atom stereocenters. The van der Waals surface area contributed by atoms with Gasteiger partial charge in [-0.2, -0.15) is 18.4 Å². The molecule has 0 bridgehead atoms. The molecule has 10 heteroatoms. The van der Waals surface area contributed by atoms with Gasteiger partial charge in [-0.25, -0.2) is 9.97 Å². The molecular formula is C23H22F3N7. The summed E-state index contributed by atoms with van der Waals surface area (Å²) in [6.45, 7) is 5.62. The maximum Gasteiger partial charge on any atom is 0.451 e. The van der Waals surface area contributed by atoms with Gasteiger partial charge in [0, 0.05) is 23.4 Å². The number of aryl methyl sites for hydroxylation is 1. The molecule has 2 aromatic heterocycles. The topological polar surface area (TPSA) is 92.3 Å². The summed E-state index contributed by atoms with van der Waals surface area (Å²) in [5.41, 5.74) is 4.45. The highest BCUT2D eigenvalue weighted by Crippen LogP contribution is 2.33. The molecule has 7 nitrogen and oxygen atoms in total. The Balaban J connectivity index is 1.70. The third kappa shape index (κ3) is 4.84. The first kappa shape index (κ1) is 22.4. The molecule has 2 heterocycles. The molecule has 0 atom stereocenters. The number of hydrogen-bond acceptors (Lipinski definition) is 6. The fraction of sp³-hybridized carbons (Fsp3) is 0.261. The number of anilines is 1. The van der Waals surface area contributed by atoms with Gasteiger partial charge in [-0.05, 0) is 40.8 Å². The Kier molecular flexibility index (Phi) is 6.08. The Morgan fingerprint density at radius 2 is 1.76 bits per heavy atom. The van der Waals surface area contributed by atoms with Crippen LogP contribution in [0.1, 0.15) is 42.4 Å². The van der Waals surface area contributed by atoms with Crippen molar-refractivity contribution in [1.29, 1.82) is 0 Å². The minimum absolute atomic E-state index is 0.0508. The van der Waals surface area contributed by atoms with E-state index in [1.165, 1.54) is 0 Å². The van der Waals surface area contributed by atoms with E-state index in [1.54, 1.807) is 6.92 Å². The molecule has 2 N–H and O–H groups in total. The third-order valence-corrected chi connectivity index (χ3v) is 5.18. The molecule has 0 spiro atoms. The van der Waals surface area contributed by atoms with Crippen LogP contribution in [0.4, 0.5) is 19.0 Å². The Morgan fingerprint density at radius 3 is 2.39 bits per heavy atom. The third-order valence-electron chi connectivity index (χ3n) is 5.18. The highest BCUT2D eigenvalue weighted by Gasteiger charge is 2.36. The van der Waals surface area contributed by atoms with Gasteiger partial charge in [-0.1, -0.05) is 56.3 Å². The molecule has 4 rings (SSSR count). The van der Waals surface area contributed by atoms with Crippen LogP contribution in [0.2, 0.25) is 0 Å². The number of alkyl halides is 3. The normalized spacial score (nSPS) is 11.7. The van der Waals surface area contributed by atoms with Crippen LogP contribution in [0.15, 0.2) is 48.5 Å². The van der Waals surface area contributed by atoms with Gasteiger partial charge in [0.15, 0.2) is 0 Å². The predicted molar refractivity (Wildman–Crippen MR) is 118 cm³/mol. The molecule has 0 amide bonds. The molecule has 0 aliphatic rings. The monoisotopic (exact) mass is 453 g/mol. The van der Waals surface area contributed by atoms with Crippen molar-refractivity contribution in [3.63, 3.8) is 0 Å². The largest absolute Gasteiger partial charge is 0.451 e. The highest BCUT2D eigenvalue weighted by molar-refractivity contribution is 5.80. The summed E-state index contributed by atoms with van der Waals surface area (Å²) < 4.78 is 39.9. The van der Waals surface area contributed by atoms with E-state index in [2.05, 4.69) is 35.9 Å². The maximum absolute atomic E-state index is 13.3. The number of aromatic nitrogens is 6. The summed E-state index contributed by atoms with van der Waals surface area (Å²) in [4.78, 5) is 7.46. The zero-order valence-electron chi connectivity index (χ0n) is 18.3. The smallest absolute Gasteiger partial charge is 0.366 e. The number of nitrogens with one attached hydrogen (secondary N) is 2. The first-order valence-corrected chi connectivity index (χ1v) is 10.4. The van der Waals surface area contributed by atoms with E-state index < -0.39 is 12.0 Å². The molecule has 0 aliphatic carbocycles. The van der Waals surface area contributed by atoms with E-state index in [0.717, 1.165) is 22.3 Å². The van der Waals surface area contributed by atoms with Gasteiger partial charge in [-0.15, -0.1) is 10.2 Å². The van der Waals surface area contributed by atoms with E-state index in [1.807, 2.05) is 62.4 Å². The second kappa shape index (κ2) is 8.97. The number of tetrazole rings is 1. The zero-order chi connectivity index (χ0) is 23.6. The van der Waals surface area contributed by atoms with Gasteiger partial charge in [0.2, 0.25) is 11.6 Å². The number of benzene rings is 2. The molecule has 0 saturated carbocycles. The number of hydrogen-bond donors (Lipinski definition) is 2. The van der Waals surface area contributed by atoms with E-state index in [9.17, 15) is 13.2 Å². The van der Waals surface area contributed by atoms with Crippen molar-refractivity contribution in [1.82, 2.24) is 30.6 Å². The van der Waals surface area contributed by atoms with Crippen molar-refractivity contribution in [2.24, 2.45) is 0 Å². The second-order valence-electron chi connectivity index (χ2n) is 7.88. The Morgan fingerprint density at radius 1 is 1.00 bits per heavy atom. The molecule has 33 heavy (non-hydrogen) atoms. The standard InChI is InChI=1S/C23H22F3N7/c1-13(2)19-14(3)28-22(23(24,25)26)29-21(19)27-12-15-9-10-17(16-7-5-4-6-8-16)18(11-15)20-30-32-33-31-20/h4-11,13H,12H2,1-3H3,(H,27,28,29)(H,30,31,32,33). The molecule has 0 fully saturated rings. The van der Waals surface area contributed by atoms with Crippen molar-refractivity contribution in [2.45, 2.75) is 39.4 Å². The summed E-state index contributed by atoms with van der Waals surface area (Å²) in [5, 5.41) is 17.4. The van der Waals surface area contributed by atoms with Crippen LogP contribution >= 0.6 is 0 Å². The van der Waals surface area contributed by atoms with Crippen LogP contribution in [-0.2, 0) is 12.7 Å². The molecule has 0 aliphatic heterocycles. The van der Waals surface area contributed by atoms with Crippen LogP contribution in [0.3, 0.4) is 0 Å². The quantitative estimate of drug-likeness (QED) is 0.407. The highest BCUT2D eigenvalue weighted by atomic mass is 19.4. The number of rotatable bonds is 6. The van der Waals surface area contributed by atoms with Crippen LogP contribution in [0.25, 0.3) is 22.5 Å². The summed E-state index contributed by atoms with van der Waals surface area (Å²) in [7, 11) is 0. The minimum Gasteiger partial charge on any atom is -0.366 e. The van der Waals surface area contributed by atoms with E-state index in [4.69, 9.17) is 0 Å². The molecule has 0 radical (unpaired) electrons. The number of nitrogens with zero attached hydrogens (tertiary/aromatic N) is 5. The fourth-order valence-corrected chi connectivity index (χ4v) is 3.75. The van der Waals surface area contributed by atoms with Crippen LogP contribution in [0, 0.1) is 6.92 Å². The lowest BCUT2D eigenvalue weighted by Gasteiger charge is -2.18. The first-order valence-electron chi connectivity index (χ1n) is 10.4. The van der Waals surface area contributed by atoms with E-state index in [0.29, 0.717) is 17.1 Å². The minimum atomic E-state index is -4.63. The van der Waals surface area contributed by atoms with Crippen molar-refractivity contribution >= 4 is 5.82 Å². The van der Waals surface area contributed by atoms with Gasteiger partial charge in [-0.3, -0.25) is 0 Å². The molecule has 0 saturated heterocycles. The molecule has 4 aromatic rings. The average molecular weight is 453 g/mol. The van der Waals surface area contributed by atoms with Crippen molar-refractivity contribution < 1.29 is 13.2 Å². The summed E-state index contributed by atoms with van der Waals surface area (Å²) >= 11 is 0. The van der Waals surface area contributed by atoms with Crippen LogP contribution < -0.4 is 5.32 Å². The van der Waals surface area contributed by atoms with E-state index >= 15 is 0 Å². The van der Waals surface area contributed by atoms with Gasteiger partial charge in [0.25, 0.3) is 0 Å². The lowest BCUT2D eigenvalue weighted by molar-refractivity contribution is -0.145. The zero-order valence-corrected chi connectivity index (χ0v) is 18.3. The molecular weight excluding hydrogens is 431 g/mol. The summed E-state index contributed by atoms with van der Waals surface area (Å²) in [5.74, 6) is -0.599.